The standard InChI is InChI=1S/C19H16O/c1-13-10-11-18-17(12-13)16-9-5-8-15(19(16)20-18)14-6-3-2-4-7-14/h2-3,5-6,8-12H,4,7H2,1H3. The number of para-hydroxylation sites is 1. The van der Waals surface area contributed by atoms with Crippen molar-refractivity contribution in [3.63, 3.8) is 0 Å². The summed E-state index contributed by atoms with van der Waals surface area (Å²) in [7, 11) is 0. The van der Waals surface area contributed by atoms with Gasteiger partial charge in [0.2, 0.25) is 0 Å². The van der Waals surface area contributed by atoms with Crippen LogP contribution >= 0.6 is 0 Å². The second-order valence-corrected chi connectivity index (χ2v) is 5.44. The minimum atomic E-state index is 0.977. The lowest BCUT2D eigenvalue weighted by Gasteiger charge is -2.09. The molecule has 1 heteroatoms. The number of furan rings is 1. The summed E-state index contributed by atoms with van der Waals surface area (Å²) in [6.45, 7) is 2.12. The van der Waals surface area contributed by atoms with Crippen LogP contribution in [0.25, 0.3) is 27.5 Å². The second kappa shape index (κ2) is 4.38. The first-order chi connectivity index (χ1) is 9.83. The monoisotopic (exact) mass is 260 g/mol. The van der Waals surface area contributed by atoms with E-state index in [9.17, 15) is 0 Å². The average Bonchev–Trinajstić information content (AvgIpc) is 2.86. The van der Waals surface area contributed by atoms with Crippen LogP contribution in [0.1, 0.15) is 24.0 Å². The smallest absolute Gasteiger partial charge is 0.142 e. The van der Waals surface area contributed by atoms with Crippen molar-refractivity contribution >= 4 is 27.5 Å². The lowest BCUT2D eigenvalue weighted by Crippen LogP contribution is -1.88. The van der Waals surface area contributed by atoms with Gasteiger partial charge in [-0.15, -0.1) is 0 Å². The number of fused-ring (bicyclic) bond motifs is 3. The summed E-state index contributed by atoms with van der Waals surface area (Å²) in [5.74, 6) is 0. The van der Waals surface area contributed by atoms with Gasteiger partial charge >= 0.3 is 0 Å². The van der Waals surface area contributed by atoms with Crippen molar-refractivity contribution < 1.29 is 4.42 Å². The van der Waals surface area contributed by atoms with Crippen LogP contribution < -0.4 is 0 Å². The maximum Gasteiger partial charge on any atom is 0.142 e. The number of allylic oxidation sites excluding steroid dienone is 4. The third kappa shape index (κ3) is 1.70. The Morgan fingerprint density at radius 2 is 2.00 bits per heavy atom. The molecule has 1 aromatic heterocycles. The molecular weight excluding hydrogens is 244 g/mol. The highest BCUT2D eigenvalue weighted by Crippen LogP contribution is 2.36. The first kappa shape index (κ1) is 11.5. The summed E-state index contributed by atoms with van der Waals surface area (Å²) in [4.78, 5) is 0. The fourth-order valence-electron chi connectivity index (χ4n) is 2.99. The van der Waals surface area contributed by atoms with E-state index in [4.69, 9.17) is 4.42 Å². The van der Waals surface area contributed by atoms with E-state index in [0.717, 1.165) is 24.0 Å². The summed E-state index contributed by atoms with van der Waals surface area (Å²) in [5, 5.41) is 2.44. The first-order valence-corrected chi connectivity index (χ1v) is 7.11. The molecule has 0 saturated heterocycles. The maximum absolute atomic E-state index is 6.13. The zero-order valence-corrected chi connectivity index (χ0v) is 11.5. The molecule has 1 aliphatic carbocycles. The predicted octanol–water partition coefficient (Wildman–Crippen LogP) is 5.63. The molecule has 1 nitrogen and oxygen atoms in total. The number of aryl methyl sites for hydroxylation is 1. The molecule has 3 aromatic rings. The Hall–Kier alpha value is -2.28. The van der Waals surface area contributed by atoms with E-state index < -0.39 is 0 Å². The van der Waals surface area contributed by atoms with Gasteiger partial charge in [-0.25, -0.2) is 0 Å². The molecular formula is C19H16O. The van der Waals surface area contributed by atoms with Gasteiger partial charge in [0.15, 0.2) is 0 Å². The lowest BCUT2D eigenvalue weighted by molar-refractivity contribution is 0.667. The molecule has 0 radical (unpaired) electrons. The number of rotatable bonds is 1. The molecule has 1 aliphatic rings. The van der Waals surface area contributed by atoms with Crippen molar-refractivity contribution in [2.24, 2.45) is 0 Å². The molecule has 98 valence electrons. The minimum Gasteiger partial charge on any atom is -0.455 e. The molecule has 0 bridgehead atoms. The summed E-state index contributed by atoms with van der Waals surface area (Å²) in [6, 6.07) is 12.8. The lowest BCUT2D eigenvalue weighted by atomic mass is 9.96. The predicted molar refractivity (Wildman–Crippen MR) is 84.8 cm³/mol. The summed E-state index contributed by atoms with van der Waals surface area (Å²) < 4.78 is 6.13. The molecule has 0 fully saturated rings. The van der Waals surface area contributed by atoms with Crippen LogP contribution in [0.3, 0.4) is 0 Å². The fraction of sp³-hybridized carbons (Fsp3) is 0.158. The molecule has 1 heterocycles. The highest BCUT2D eigenvalue weighted by Gasteiger charge is 2.13. The van der Waals surface area contributed by atoms with Gasteiger partial charge in [0.05, 0.1) is 0 Å². The molecule has 0 N–H and O–H groups in total. The Balaban J connectivity index is 2.05. The van der Waals surface area contributed by atoms with E-state index in [2.05, 4.69) is 61.5 Å². The van der Waals surface area contributed by atoms with Crippen LogP contribution in [0.2, 0.25) is 0 Å². The average molecular weight is 260 g/mol. The van der Waals surface area contributed by atoms with Gasteiger partial charge in [-0.2, -0.15) is 0 Å². The maximum atomic E-state index is 6.13. The zero-order chi connectivity index (χ0) is 13.5. The number of benzene rings is 2. The highest BCUT2D eigenvalue weighted by atomic mass is 16.3. The Morgan fingerprint density at radius 1 is 1.05 bits per heavy atom. The molecule has 0 amide bonds. The van der Waals surface area contributed by atoms with E-state index in [-0.39, 0.29) is 0 Å². The van der Waals surface area contributed by atoms with Gasteiger partial charge in [0.1, 0.15) is 11.2 Å². The highest BCUT2D eigenvalue weighted by molar-refractivity contribution is 6.08. The van der Waals surface area contributed by atoms with Gasteiger partial charge in [-0.05, 0) is 37.5 Å². The molecule has 0 aliphatic heterocycles. The van der Waals surface area contributed by atoms with Crippen molar-refractivity contribution in [2.75, 3.05) is 0 Å². The Morgan fingerprint density at radius 3 is 2.85 bits per heavy atom. The van der Waals surface area contributed by atoms with Gasteiger partial charge in [-0.1, -0.05) is 48.1 Å². The molecule has 4 rings (SSSR count). The van der Waals surface area contributed by atoms with Crippen molar-refractivity contribution in [2.45, 2.75) is 19.8 Å². The van der Waals surface area contributed by atoms with Crippen LogP contribution in [0.4, 0.5) is 0 Å². The second-order valence-electron chi connectivity index (χ2n) is 5.44. The van der Waals surface area contributed by atoms with Crippen LogP contribution in [0.15, 0.2) is 59.0 Å². The Labute approximate surface area is 118 Å². The molecule has 0 spiro atoms. The molecule has 20 heavy (non-hydrogen) atoms. The SMILES string of the molecule is Cc1ccc2oc3c(C4=CC=CCC4)cccc3c2c1. The van der Waals surface area contributed by atoms with E-state index in [0.29, 0.717) is 0 Å². The van der Waals surface area contributed by atoms with E-state index >= 15 is 0 Å². The van der Waals surface area contributed by atoms with Crippen LogP contribution in [0, 0.1) is 6.92 Å². The van der Waals surface area contributed by atoms with Gasteiger partial charge < -0.3 is 4.42 Å². The molecule has 0 unspecified atom stereocenters. The van der Waals surface area contributed by atoms with Crippen molar-refractivity contribution in [3.05, 3.63) is 65.8 Å². The topological polar surface area (TPSA) is 13.1 Å². The first-order valence-electron chi connectivity index (χ1n) is 7.11. The van der Waals surface area contributed by atoms with Crippen molar-refractivity contribution in [3.8, 4) is 0 Å². The Bertz CT molecular complexity index is 862. The van der Waals surface area contributed by atoms with Crippen molar-refractivity contribution in [1.29, 1.82) is 0 Å². The van der Waals surface area contributed by atoms with Gasteiger partial charge in [0.25, 0.3) is 0 Å². The summed E-state index contributed by atoms with van der Waals surface area (Å²) in [5.41, 5.74) is 5.87. The molecule has 0 saturated carbocycles. The minimum absolute atomic E-state index is 0.977. The van der Waals surface area contributed by atoms with Crippen LogP contribution in [0.5, 0.6) is 0 Å². The number of hydrogen-bond donors (Lipinski definition) is 0. The third-order valence-corrected chi connectivity index (χ3v) is 4.01. The van der Waals surface area contributed by atoms with Gasteiger partial charge in [0, 0.05) is 16.3 Å². The molecule has 2 aromatic carbocycles. The summed E-state index contributed by atoms with van der Waals surface area (Å²) >= 11 is 0. The third-order valence-electron chi connectivity index (χ3n) is 4.01. The zero-order valence-electron chi connectivity index (χ0n) is 11.5. The fourth-order valence-corrected chi connectivity index (χ4v) is 2.99. The van der Waals surface area contributed by atoms with E-state index in [1.807, 2.05) is 0 Å². The van der Waals surface area contributed by atoms with E-state index in [1.165, 1.54) is 27.5 Å². The van der Waals surface area contributed by atoms with Crippen LogP contribution in [-0.2, 0) is 0 Å². The van der Waals surface area contributed by atoms with E-state index in [1.54, 1.807) is 0 Å². The number of hydrogen-bond acceptors (Lipinski definition) is 1. The largest absolute Gasteiger partial charge is 0.455 e. The Kier molecular flexibility index (Phi) is 2.53. The summed E-state index contributed by atoms with van der Waals surface area (Å²) in [6.07, 6.45) is 8.76. The normalized spacial score (nSPS) is 14.9. The van der Waals surface area contributed by atoms with Gasteiger partial charge in [-0.3, -0.25) is 0 Å². The molecule has 0 atom stereocenters. The quantitative estimate of drug-likeness (QED) is 0.552. The van der Waals surface area contributed by atoms with Crippen molar-refractivity contribution in [1.82, 2.24) is 0 Å². The van der Waals surface area contributed by atoms with Crippen LogP contribution in [-0.4, -0.2) is 0 Å².